The molecule has 0 unspecified atom stereocenters. The van der Waals surface area contributed by atoms with Gasteiger partial charge < -0.3 is 14.4 Å². The van der Waals surface area contributed by atoms with E-state index in [1.165, 1.54) is 13.0 Å². The topological polar surface area (TPSA) is 112 Å². The van der Waals surface area contributed by atoms with Gasteiger partial charge in [0.2, 0.25) is 5.75 Å². The molecule has 8 nitrogen and oxygen atoms in total. The van der Waals surface area contributed by atoms with Crippen molar-refractivity contribution in [2.24, 2.45) is 0 Å². The summed E-state index contributed by atoms with van der Waals surface area (Å²) in [5, 5.41) is 24.5. The van der Waals surface area contributed by atoms with Crippen LogP contribution < -0.4 is 4.74 Å². The molecule has 0 aliphatic heterocycles. The van der Waals surface area contributed by atoms with Crippen molar-refractivity contribution in [2.45, 2.75) is 26.6 Å². The van der Waals surface area contributed by atoms with Gasteiger partial charge in [-0.3, -0.25) is 10.1 Å². The zero-order valence-electron chi connectivity index (χ0n) is 11.2. The number of aryl methyl sites for hydroxylation is 1. The molecule has 112 valence electrons. The van der Waals surface area contributed by atoms with E-state index in [2.05, 4.69) is 26.1 Å². The van der Waals surface area contributed by atoms with Crippen molar-refractivity contribution in [2.75, 3.05) is 0 Å². The Morgan fingerprint density at radius 2 is 2.29 bits per heavy atom. The van der Waals surface area contributed by atoms with Crippen LogP contribution in [0.1, 0.15) is 30.3 Å². The Labute approximate surface area is 128 Å². The van der Waals surface area contributed by atoms with Gasteiger partial charge in [0, 0.05) is 16.1 Å². The zero-order chi connectivity index (χ0) is 15.6. The first-order valence-electron chi connectivity index (χ1n) is 5.96. The third kappa shape index (κ3) is 3.56. The van der Waals surface area contributed by atoms with Crippen LogP contribution in [0.2, 0.25) is 0 Å². The average molecular weight is 358 g/mol. The van der Waals surface area contributed by atoms with Crippen molar-refractivity contribution in [3.8, 4) is 5.75 Å². The van der Waals surface area contributed by atoms with Crippen molar-refractivity contribution >= 4 is 21.6 Å². The summed E-state index contributed by atoms with van der Waals surface area (Å²) in [5.41, 5.74) is 0.0452. The largest absolute Gasteiger partial charge is 0.476 e. The monoisotopic (exact) mass is 357 g/mol. The smallest absolute Gasteiger partial charge is 0.312 e. The highest BCUT2D eigenvalue weighted by Gasteiger charge is 2.24. The van der Waals surface area contributed by atoms with E-state index in [1.54, 1.807) is 13.0 Å². The van der Waals surface area contributed by atoms with Gasteiger partial charge >= 0.3 is 5.69 Å². The van der Waals surface area contributed by atoms with Gasteiger partial charge in [-0.25, -0.2) is 0 Å². The predicted octanol–water partition coefficient (Wildman–Crippen LogP) is 2.68. The van der Waals surface area contributed by atoms with Crippen molar-refractivity contribution in [1.82, 2.24) is 10.1 Å². The van der Waals surface area contributed by atoms with E-state index < -0.39 is 11.0 Å². The molecule has 1 atom stereocenters. The highest BCUT2D eigenvalue weighted by atomic mass is 79.9. The molecule has 1 heterocycles. The fourth-order valence-electron chi connectivity index (χ4n) is 1.74. The molecule has 9 heteroatoms. The summed E-state index contributed by atoms with van der Waals surface area (Å²) in [4.78, 5) is 14.5. The lowest BCUT2D eigenvalue weighted by molar-refractivity contribution is -0.386. The van der Waals surface area contributed by atoms with Crippen LogP contribution in [-0.2, 0) is 6.61 Å². The van der Waals surface area contributed by atoms with Crippen molar-refractivity contribution in [3.05, 3.63) is 44.0 Å². The Kier molecular flexibility index (Phi) is 4.53. The van der Waals surface area contributed by atoms with E-state index in [0.29, 0.717) is 15.9 Å². The number of aliphatic hydroxyl groups is 1. The number of ether oxygens (including phenoxy) is 1. The molecular weight excluding hydrogens is 346 g/mol. The van der Waals surface area contributed by atoms with E-state index in [0.717, 1.165) is 0 Å². The summed E-state index contributed by atoms with van der Waals surface area (Å²) in [7, 11) is 0. The quantitative estimate of drug-likeness (QED) is 0.646. The van der Waals surface area contributed by atoms with Crippen LogP contribution in [0.3, 0.4) is 0 Å². The minimum atomic E-state index is -0.930. The fraction of sp³-hybridized carbons (Fsp3) is 0.333. The molecule has 0 aliphatic rings. The first-order chi connectivity index (χ1) is 9.88. The molecule has 0 spiro atoms. The molecule has 0 radical (unpaired) electrons. The normalized spacial score (nSPS) is 12.2. The molecule has 0 aliphatic carbocycles. The first-order valence-corrected chi connectivity index (χ1v) is 6.75. The van der Waals surface area contributed by atoms with E-state index >= 15 is 0 Å². The second kappa shape index (κ2) is 6.19. The number of nitro benzene ring substituents is 1. The van der Waals surface area contributed by atoms with Gasteiger partial charge in [-0.15, -0.1) is 0 Å². The number of rotatable bonds is 5. The number of benzene rings is 1. The van der Waals surface area contributed by atoms with E-state index in [9.17, 15) is 15.2 Å². The summed E-state index contributed by atoms with van der Waals surface area (Å²) in [6.07, 6.45) is -0.930. The Bertz CT molecular complexity index is 671. The Balaban J connectivity index is 2.37. The number of aliphatic hydroxyl groups excluding tert-OH is 1. The third-order valence-corrected chi connectivity index (χ3v) is 3.08. The lowest BCUT2D eigenvalue weighted by Gasteiger charge is -2.13. The van der Waals surface area contributed by atoms with Crippen molar-refractivity contribution in [1.29, 1.82) is 0 Å². The van der Waals surface area contributed by atoms with Gasteiger partial charge in [-0.1, -0.05) is 21.1 Å². The molecule has 0 amide bonds. The Hall–Kier alpha value is -2.00. The second-order valence-corrected chi connectivity index (χ2v) is 5.22. The van der Waals surface area contributed by atoms with E-state index in [4.69, 9.17) is 9.26 Å². The molecule has 0 fully saturated rings. The van der Waals surface area contributed by atoms with Crippen LogP contribution in [0.15, 0.2) is 21.1 Å². The number of hydrogen-bond acceptors (Lipinski definition) is 7. The SMILES string of the molecule is Cc1noc(COc2c([C@H](C)O)cc(Br)cc2[N+](=O)[O-])n1. The summed E-state index contributed by atoms with van der Waals surface area (Å²) in [6.45, 7) is 3.02. The lowest BCUT2D eigenvalue weighted by Crippen LogP contribution is -2.05. The second-order valence-electron chi connectivity index (χ2n) is 4.30. The number of nitro groups is 1. The highest BCUT2D eigenvalue weighted by Crippen LogP contribution is 2.38. The van der Waals surface area contributed by atoms with Gasteiger partial charge in [-0.2, -0.15) is 4.98 Å². The molecule has 2 aromatic rings. The van der Waals surface area contributed by atoms with Crippen LogP contribution in [0.4, 0.5) is 5.69 Å². The number of nitrogens with zero attached hydrogens (tertiary/aromatic N) is 3. The predicted molar refractivity (Wildman–Crippen MR) is 74.8 cm³/mol. The summed E-state index contributed by atoms with van der Waals surface area (Å²) in [5.74, 6) is 0.616. The molecule has 1 aromatic carbocycles. The molecule has 1 aromatic heterocycles. The van der Waals surface area contributed by atoms with Gasteiger partial charge in [-0.05, 0) is 19.9 Å². The molecule has 21 heavy (non-hydrogen) atoms. The Morgan fingerprint density at radius 1 is 1.57 bits per heavy atom. The highest BCUT2D eigenvalue weighted by molar-refractivity contribution is 9.10. The number of aromatic nitrogens is 2. The van der Waals surface area contributed by atoms with E-state index in [1.807, 2.05) is 0 Å². The fourth-order valence-corrected chi connectivity index (χ4v) is 2.20. The maximum atomic E-state index is 11.1. The first kappa shape index (κ1) is 15.4. The number of hydrogen-bond donors (Lipinski definition) is 1. The van der Waals surface area contributed by atoms with Crippen LogP contribution in [-0.4, -0.2) is 20.2 Å². The number of halogens is 1. The molecule has 0 saturated heterocycles. The average Bonchev–Trinajstić information content (AvgIpc) is 2.81. The molecule has 2 rings (SSSR count). The lowest BCUT2D eigenvalue weighted by atomic mass is 10.1. The third-order valence-electron chi connectivity index (χ3n) is 2.62. The maximum Gasteiger partial charge on any atom is 0.312 e. The van der Waals surface area contributed by atoms with Crippen LogP contribution in [0, 0.1) is 17.0 Å². The summed E-state index contributed by atoms with van der Waals surface area (Å²) < 4.78 is 10.8. The van der Waals surface area contributed by atoms with Crippen LogP contribution in [0.25, 0.3) is 0 Å². The van der Waals surface area contributed by atoms with Crippen LogP contribution in [0.5, 0.6) is 5.75 Å². The van der Waals surface area contributed by atoms with Gasteiger partial charge in [0.25, 0.3) is 5.89 Å². The van der Waals surface area contributed by atoms with Gasteiger partial charge in [0.15, 0.2) is 12.4 Å². The standard InChI is InChI=1S/C12H12BrN3O5/c1-6(17)9-3-8(13)4-10(16(18)19)12(9)20-5-11-14-7(2)15-21-11/h3-4,6,17H,5H2,1-2H3/t6-/m0/s1. The van der Waals surface area contributed by atoms with Gasteiger partial charge in [0.1, 0.15) is 0 Å². The van der Waals surface area contributed by atoms with Crippen molar-refractivity contribution < 1.29 is 19.3 Å². The van der Waals surface area contributed by atoms with E-state index in [-0.39, 0.29) is 23.9 Å². The van der Waals surface area contributed by atoms with Crippen molar-refractivity contribution in [3.63, 3.8) is 0 Å². The molecular formula is C12H12BrN3O5. The molecule has 0 saturated carbocycles. The maximum absolute atomic E-state index is 11.1. The summed E-state index contributed by atoms with van der Waals surface area (Å²) in [6, 6.07) is 2.87. The summed E-state index contributed by atoms with van der Waals surface area (Å²) >= 11 is 3.17. The zero-order valence-corrected chi connectivity index (χ0v) is 12.8. The Morgan fingerprint density at radius 3 is 2.81 bits per heavy atom. The minimum absolute atomic E-state index is 0.0194. The van der Waals surface area contributed by atoms with Crippen LogP contribution >= 0.6 is 15.9 Å². The molecule has 1 N–H and O–H groups in total. The van der Waals surface area contributed by atoms with Gasteiger partial charge in [0.05, 0.1) is 11.0 Å². The minimum Gasteiger partial charge on any atom is -0.476 e. The molecule has 0 bridgehead atoms.